The number of aliphatic hydroxyl groups is 2. The predicted octanol–water partition coefficient (Wildman–Crippen LogP) is -2.74. The summed E-state index contributed by atoms with van der Waals surface area (Å²) in [7, 11) is 3.58. The first-order valence-electron chi connectivity index (χ1n) is 11.9. The van der Waals surface area contributed by atoms with Crippen LogP contribution in [0.25, 0.3) is 0 Å². The van der Waals surface area contributed by atoms with Crippen LogP contribution < -0.4 is 27.6 Å². The van der Waals surface area contributed by atoms with Gasteiger partial charge < -0.3 is 51.3 Å². The summed E-state index contributed by atoms with van der Waals surface area (Å²) >= 11 is 0. The van der Waals surface area contributed by atoms with Crippen LogP contribution in [0, 0.1) is 0 Å². The number of likely N-dealkylation sites (N-methyl/N-ethyl adjacent to an activating group) is 2. The van der Waals surface area contributed by atoms with Crippen molar-refractivity contribution in [2.75, 3.05) is 20.7 Å². The van der Waals surface area contributed by atoms with Gasteiger partial charge >= 0.3 is 0 Å². The van der Waals surface area contributed by atoms with E-state index in [2.05, 4.69) is 23.0 Å². The van der Waals surface area contributed by atoms with Crippen LogP contribution in [0.1, 0.15) is 33.1 Å². The Hall–Kier alpha value is -0.480. The number of nitrogens with two attached hydrogens (primary N) is 2. The molecule has 0 spiro atoms. The molecule has 33 heavy (non-hydrogen) atoms. The van der Waals surface area contributed by atoms with Crippen molar-refractivity contribution < 1.29 is 34.0 Å². The lowest BCUT2D eigenvalue weighted by atomic mass is 9.84. The highest BCUT2D eigenvalue weighted by Gasteiger charge is 2.53. The maximum Gasteiger partial charge on any atom is 0.185 e. The smallest absolute Gasteiger partial charge is 0.185 e. The highest BCUT2D eigenvalue weighted by atomic mass is 16.8. The average molecular weight is 476 g/mol. The monoisotopic (exact) mass is 475 g/mol. The second kappa shape index (κ2) is 10.2. The molecule has 3 aliphatic heterocycles. The van der Waals surface area contributed by atoms with Gasteiger partial charge in [0.25, 0.3) is 0 Å². The van der Waals surface area contributed by atoms with Crippen LogP contribution in [-0.4, -0.2) is 110 Å². The molecule has 4 aliphatic rings. The van der Waals surface area contributed by atoms with E-state index in [0.717, 1.165) is 12.8 Å². The molecule has 1 saturated carbocycles. The first-order valence-corrected chi connectivity index (χ1v) is 11.9. The van der Waals surface area contributed by atoms with E-state index in [9.17, 15) is 10.2 Å². The second-order valence-corrected chi connectivity index (χ2v) is 10.1. The van der Waals surface area contributed by atoms with E-state index in [1.54, 1.807) is 14.0 Å². The lowest BCUT2D eigenvalue weighted by Gasteiger charge is -2.48. The van der Waals surface area contributed by atoms with E-state index >= 15 is 0 Å². The second-order valence-electron chi connectivity index (χ2n) is 10.1. The summed E-state index contributed by atoms with van der Waals surface area (Å²) in [4.78, 5) is 6.06. The largest absolute Gasteiger partial charge is 0.386 e. The fraction of sp³-hybridized carbons (Fsp3) is 1.00. The first-order chi connectivity index (χ1) is 15.7. The van der Waals surface area contributed by atoms with Gasteiger partial charge in [0, 0.05) is 18.1 Å². The lowest BCUT2D eigenvalue weighted by Crippen LogP contribution is -2.68. The molecule has 13 atom stereocenters. The van der Waals surface area contributed by atoms with E-state index in [1.165, 1.54) is 0 Å². The van der Waals surface area contributed by atoms with Gasteiger partial charge in [0.1, 0.15) is 30.0 Å². The summed E-state index contributed by atoms with van der Waals surface area (Å²) in [6.07, 6.45) is -2.32. The number of hydroxylamine groups is 1. The van der Waals surface area contributed by atoms with Crippen LogP contribution in [0.15, 0.2) is 0 Å². The molecule has 0 bridgehead atoms. The van der Waals surface area contributed by atoms with Crippen LogP contribution in [0.2, 0.25) is 0 Å². The maximum atomic E-state index is 10.8. The number of fused-ring (bicyclic) bond motifs is 2. The van der Waals surface area contributed by atoms with Gasteiger partial charge in [-0.2, -0.15) is 5.48 Å². The fourth-order valence-electron chi connectivity index (χ4n) is 5.40. The number of ether oxygens (including phenoxy) is 4. The molecule has 0 radical (unpaired) electrons. The van der Waals surface area contributed by atoms with Gasteiger partial charge in [-0.25, -0.2) is 0 Å². The zero-order valence-corrected chi connectivity index (χ0v) is 19.8. The quantitative estimate of drug-likeness (QED) is 0.219. The van der Waals surface area contributed by atoms with Gasteiger partial charge in [0.2, 0.25) is 0 Å². The zero-order chi connectivity index (χ0) is 23.9. The minimum Gasteiger partial charge on any atom is -0.386 e. The molecule has 3 heterocycles. The Morgan fingerprint density at radius 2 is 1.91 bits per heavy atom. The Morgan fingerprint density at radius 1 is 1.15 bits per heavy atom. The molecule has 4 rings (SSSR count). The maximum absolute atomic E-state index is 10.8. The number of rotatable bonds is 5. The molecule has 0 aromatic heterocycles. The topological polar surface area (TPSA) is 175 Å². The lowest BCUT2D eigenvalue weighted by molar-refractivity contribution is -0.304. The number of nitrogens with one attached hydrogen (secondary N) is 3. The molecule has 1 aliphatic carbocycles. The van der Waals surface area contributed by atoms with E-state index in [1.807, 2.05) is 7.05 Å². The van der Waals surface area contributed by atoms with Gasteiger partial charge in [0.05, 0.1) is 24.8 Å². The van der Waals surface area contributed by atoms with Crippen molar-refractivity contribution in [3.05, 3.63) is 0 Å². The normalized spacial score (nSPS) is 51.8. The third kappa shape index (κ3) is 5.08. The molecule has 7 unspecified atom stereocenters. The average Bonchev–Trinajstić information content (AvgIpc) is 2.97. The summed E-state index contributed by atoms with van der Waals surface area (Å²) in [5.41, 5.74) is 14.7. The Bertz CT molecular complexity index is 660. The van der Waals surface area contributed by atoms with Crippen molar-refractivity contribution in [2.24, 2.45) is 11.5 Å². The zero-order valence-electron chi connectivity index (χ0n) is 19.8. The molecule has 12 heteroatoms. The standard InChI is InChI=1S/C21H41N5O7/c1-9(24-3)13-6-5-12-19(30-13)31-15-10(22)7-11(23)16(17(15)33-26-12)32-20-14(27)18(25-4)21(2,28)8-29-20/h9-20,24-28H,5-8,22-23H2,1-4H3/t9?,10?,11?,12?,13?,14-,15?,16+,17+,18-,19-,20?,21+/m1/s1. The third-order valence-corrected chi connectivity index (χ3v) is 7.53. The molecule has 4 fully saturated rings. The van der Waals surface area contributed by atoms with E-state index in [-0.39, 0.29) is 30.8 Å². The highest BCUT2D eigenvalue weighted by Crippen LogP contribution is 2.34. The van der Waals surface area contributed by atoms with Gasteiger partial charge in [-0.1, -0.05) is 0 Å². The van der Waals surface area contributed by atoms with E-state index in [0.29, 0.717) is 6.42 Å². The van der Waals surface area contributed by atoms with E-state index in [4.69, 9.17) is 35.3 Å². The molecular weight excluding hydrogens is 434 g/mol. The minimum atomic E-state index is -1.24. The van der Waals surface area contributed by atoms with Crippen molar-refractivity contribution in [1.29, 1.82) is 0 Å². The van der Waals surface area contributed by atoms with E-state index < -0.39 is 54.7 Å². The SMILES string of the molecule is CNC(C)C1CCC2NO[C@H]3C(O[C@H]2O1)C(N)CC(N)[C@@H]3OC1OC[C@](C)(O)[C@H](NC)[C@H]1O. The van der Waals surface area contributed by atoms with Crippen LogP contribution in [0.5, 0.6) is 0 Å². The molecule has 0 aromatic rings. The minimum absolute atomic E-state index is 0.00552. The molecule has 0 aromatic carbocycles. The number of aliphatic hydroxyl groups excluding tert-OH is 1. The van der Waals surface area contributed by atoms with Gasteiger partial charge in [-0.15, -0.1) is 0 Å². The van der Waals surface area contributed by atoms with Crippen LogP contribution >= 0.6 is 0 Å². The summed E-state index contributed by atoms with van der Waals surface area (Å²) in [5, 5.41) is 27.5. The van der Waals surface area contributed by atoms with Crippen molar-refractivity contribution in [1.82, 2.24) is 16.1 Å². The van der Waals surface area contributed by atoms with Crippen LogP contribution in [0.4, 0.5) is 0 Å². The summed E-state index contributed by atoms with van der Waals surface area (Å²) in [6.45, 7) is 3.68. The molecule has 9 N–H and O–H groups in total. The van der Waals surface area contributed by atoms with Crippen molar-refractivity contribution in [3.63, 3.8) is 0 Å². The number of hydrogen-bond acceptors (Lipinski definition) is 12. The Kier molecular flexibility index (Phi) is 7.95. The van der Waals surface area contributed by atoms with Crippen molar-refractivity contribution in [2.45, 2.75) is 112 Å². The van der Waals surface area contributed by atoms with Crippen LogP contribution in [-0.2, 0) is 23.8 Å². The first kappa shape index (κ1) is 25.6. The Balaban J connectivity index is 1.48. The predicted molar refractivity (Wildman–Crippen MR) is 118 cm³/mol. The summed E-state index contributed by atoms with van der Waals surface area (Å²) in [6, 6.07) is -1.45. The summed E-state index contributed by atoms with van der Waals surface area (Å²) in [5.74, 6) is 0. The molecule has 0 amide bonds. The molecule has 192 valence electrons. The van der Waals surface area contributed by atoms with Crippen molar-refractivity contribution in [3.8, 4) is 0 Å². The van der Waals surface area contributed by atoms with Crippen molar-refractivity contribution >= 4 is 0 Å². The van der Waals surface area contributed by atoms with Gasteiger partial charge in [-0.3, -0.25) is 4.84 Å². The Morgan fingerprint density at radius 3 is 2.61 bits per heavy atom. The summed E-state index contributed by atoms with van der Waals surface area (Å²) < 4.78 is 24.5. The van der Waals surface area contributed by atoms with Crippen LogP contribution in [0.3, 0.4) is 0 Å². The molecule has 12 nitrogen and oxygen atoms in total. The Labute approximate surface area is 194 Å². The third-order valence-electron chi connectivity index (χ3n) is 7.53. The number of hydrogen-bond donors (Lipinski definition) is 7. The molecule has 3 saturated heterocycles. The molecular formula is C21H41N5O7. The highest BCUT2D eigenvalue weighted by molar-refractivity contribution is 5.03. The fourth-order valence-corrected chi connectivity index (χ4v) is 5.40. The van der Waals surface area contributed by atoms with Gasteiger partial charge in [-0.05, 0) is 47.2 Å². The van der Waals surface area contributed by atoms with Gasteiger partial charge in [0.15, 0.2) is 12.6 Å².